The monoisotopic (exact) mass is 400 g/mol. The lowest BCUT2D eigenvalue weighted by Crippen LogP contribution is -2.34. The van der Waals surface area contributed by atoms with Crippen LogP contribution in [0.1, 0.15) is 17.5 Å². The summed E-state index contributed by atoms with van der Waals surface area (Å²) in [4.78, 5) is 2.20. The maximum atomic E-state index is 12.9. The van der Waals surface area contributed by atoms with Crippen LogP contribution in [0, 0.1) is 0 Å². The van der Waals surface area contributed by atoms with Crippen molar-refractivity contribution in [3.05, 3.63) is 53.6 Å². The molecule has 0 bridgehead atoms. The van der Waals surface area contributed by atoms with Gasteiger partial charge in [-0.3, -0.25) is 4.72 Å². The standard InChI is InChI=1S/C21H24N2O4S/c1-23(2)15-8-9-16-17(13-15)20(26-3)11-10-18(16)22-28(24,25)21-12-14-6-4-5-7-19(14)27-21/h4-7,10-12,15,22H,8-9,13H2,1-3H3. The van der Waals surface area contributed by atoms with Crippen molar-refractivity contribution < 1.29 is 17.6 Å². The number of benzene rings is 2. The number of para-hydroxylation sites is 1. The highest BCUT2D eigenvalue weighted by atomic mass is 32.2. The van der Waals surface area contributed by atoms with Crippen LogP contribution in [-0.4, -0.2) is 40.6 Å². The number of methoxy groups -OCH3 is 1. The first-order chi connectivity index (χ1) is 13.4. The number of sulfonamides is 1. The van der Waals surface area contributed by atoms with E-state index in [1.807, 2.05) is 24.3 Å². The fraction of sp³-hybridized carbons (Fsp3) is 0.333. The molecule has 1 unspecified atom stereocenters. The van der Waals surface area contributed by atoms with E-state index in [1.54, 1.807) is 25.3 Å². The first kappa shape index (κ1) is 18.8. The third-order valence-electron chi connectivity index (χ3n) is 5.42. The van der Waals surface area contributed by atoms with Gasteiger partial charge in [0, 0.05) is 23.1 Å². The number of nitrogens with zero attached hydrogens (tertiary/aromatic N) is 1. The molecule has 148 valence electrons. The largest absolute Gasteiger partial charge is 0.496 e. The summed E-state index contributed by atoms with van der Waals surface area (Å²) in [6, 6.07) is 12.8. The summed E-state index contributed by atoms with van der Waals surface area (Å²) in [5, 5.41) is 0.675. The molecule has 0 amide bonds. The molecule has 4 rings (SSSR count). The Morgan fingerprint density at radius 3 is 2.64 bits per heavy atom. The van der Waals surface area contributed by atoms with Gasteiger partial charge < -0.3 is 14.1 Å². The smallest absolute Gasteiger partial charge is 0.295 e. The molecule has 0 saturated carbocycles. The van der Waals surface area contributed by atoms with Crippen LogP contribution in [0.25, 0.3) is 11.0 Å². The van der Waals surface area contributed by atoms with Crippen LogP contribution < -0.4 is 9.46 Å². The third-order valence-corrected chi connectivity index (χ3v) is 6.64. The molecule has 1 aliphatic carbocycles. The second-order valence-corrected chi connectivity index (χ2v) is 8.95. The molecule has 7 heteroatoms. The molecular weight excluding hydrogens is 376 g/mol. The molecule has 2 aromatic carbocycles. The molecule has 1 atom stereocenters. The van der Waals surface area contributed by atoms with Crippen molar-refractivity contribution in [3.8, 4) is 5.75 Å². The van der Waals surface area contributed by atoms with Gasteiger partial charge in [-0.25, -0.2) is 0 Å². The van der Waals surface area contributed by atoms with Gasteiger partial charge >= 0.3 is 0 Å². The van der Waals surface area contributed by atoms with E-state index in [0.29, 0.717) is 17.3 Å². The third kappa shape index (κ3) is 3.36. The maximum absolute atomic E-state index is 12.9. The van der Waals surface area contributed by atoms with E-state index in [2.05, 4.69) is 23.7 Å². The van der Waals surface area contributed by atoms with E-state index in [9.17, 15) is 8.42 Å². The molecule has 3 aromatic rings. The Morgan fingerprint density at radius 1 is 1.14 bits per heavy atom. The van der Waals surface area contributed by atoms with Crippen molar-refractivity contribution in [2.45, 2.75) is 30.4 Å². The van der Waals surface area contributed by atoms with Gasteiger partial charge in [0.2, 0.25) is 5.09 Å². The van der Waals surface area contributed by atoms with Crippen molar-refractivity contribution >= 4 is 26.7 Å². The molecule has 0 aliphatic heterocycles. The molecule has 28 heavy (non-hydrogen) atoms. The summed E-state index contributed by atoms with van der Waals surface area (Å²) in [7, 11) is 1.95. The van der Waals surface area contributed by atoms with E-state index >= 15 is 0 Å². The SMILES string of the molecule is COc1ccc(NS(=O)(=O)c2cc3ccccc3o2)c2c1CC(N(C)C)CC2. The Kier molecular flexibility index (Phi) is 4.81. The molecule has 1 aromatic heterocycles. The molecule has 1 aliphatic rings. The molecule has 0 radical (unpaired) electrons. The number of hydrogen-bond acceptors (Lipinski definition) is 5. The summed E-state index contributed by atoms with van der Waals surface area (Å²) in [6.07, 6.45) is 2.58. The Balaban J connectivity index is 1.71. The number of hydrogen-bond donors (Lipinski definition) is 1. The zero-order valence-electron chi connectivity index (χ0n) is 16.2. The molecule has 0 spiro atoms. The van der Waals surface area contributed by atoms with Crippen LogP contribution >= 0.6 is 0 Å². The minimum atomic E-state index is -3.83. The second-order valence-electron chi connectivity index (χ2n) is 7.34. The second kappa shape index (κ2) is 7.14. The highest BCUT2D eigenvalue weighted by molar-refractivity contribution is 7.92. The van der Waals surface area contributed by atoms with Crippen LogP contribution in [0.5, 0.6) is 5.75 Å². The van der Waals surface area contributed by atoms with Crippen molar-refractivity contribution in [2.75, 3.05) is 25.9 Å². The topological polar surface area (TPSA) is 71.8 Å². The molecule has 0 saturated heterocycles. The molecule has 6 nitrogen and oxygen atoms in total. The molecule has 0 fully saturated rings. The van der Waals surface area contributed by atoms with Crippen molar-refractivity contribution in [3.63, 3.8) is 0 Å². The summed E-state index contributed by atoms with van der Waals surface area (Å²) >= 11 is 0. The van der Waals surface area contributed by atoms with Crippen LogP contribution in [-0.2, 0) is 22.9 Å². The number of anilines is 1. The Bertz CT molecular complexity index is 1090. The van der Waals surface area contributed by atoms with Gasteiger partial charge in [0.05, 0.1) is 12.8 Å². The maximum Gasteiger partial charge on any atom is 0.295 e. The number of ether oxygens (including phenoxy) is 1. The van der Waals surface area contributed by atoms with Crippen molar-refractivity contribution in [2.24, 2.45) is 0 Å². The van der Waals surface area contributed by atoms with E-state index in [4.69, 9.17) is 9.15 Å². The zero-order valence-corrected chi connectivity index (χ0v) is 17.0. The lowest BCUT2D eigenvalue weighted by Gasteiger charge is -2.32. The van der Waals surface area contributed by atoms with Crippen LogP contribution in [0.3, 0.4) is 0 Å². The molecule has 1 N–H and O–H groups in total. The van der Waals surface area contributed by atoms with Crippen molar-refractivity contribution in [1.82, 2.24) is 4.90 Å². The average Bonchev–Trinajstić information content (AvgIpc) is 3.13. The van der Waals surface area contributed by atoms with Crippen LogP contribution in [0.4, 0.5) is 5.69 Å². The first-order valence-corrected chi connectivity index (χ1v) is 10.7. The highest BCUT2D eigenvalue weighted by Gasteiger charge is 2.28. The van der Waals surface area contributed by atoms with E-state index in [1.165, 1.54) is 0 Å². The van der Waals surface area contributed by atoms with Gasteiger partial charge in [-0.05, 0) is 57.1 Å². The minimum Gasteiger partial charge on any atom is -0.496 e. The van der Waals surface area contributed by atoms with Gasteiger partial charge in [-0.2, -0.15) is 8.42 Å². The number of furan rings is 1. The number of fused-ring (bicyclic) bond motifs is 2. The average molecular weight is 401 g/mol. The van der Waals surface area contributed by atoms with Gasteiger partial charge in [0.25, 0.3) is 10.0 Å². The Labute approximate surface area is 165 Å². The fourth-order valence-corrected chi connectivity index (χ4v) is 4.91. The normalized spacial score (nSPS) is 16.9. The van der Waals surface area contributed by atoms with Gasteiger partial charge in [0.1, 0.15) is 11.3 Å². The highest BCUT2D eigenvalue weighted by Crippen LogP contribution is 2.37. The van der Waals surface area contributed by atoms with Gasteiger partial charge in [0.15, 0.2) is 0 Å². The zero-order chi connectivity index (χ0) is 19.9. The van der Waals surface area contributed by atoms with Gasteiger partial charge in [-0.15, -0.1) is 0 Å². The summed E-state index contributed by atoms with van der Waals surface area (Å²) in [5.74, 6) is 0.799. The predicted molar refractivity (Wildman–Crippen MR) is 110 cm³/mol. The lowest BCUT2D eigenvalue weighted by atomic mass is 9.86. The van der Waals surface area contributed by atoms with E-state index in [0.717, 1.165) is 41.5 Å². The number of rotatable bonds is 5. The summed E-state index contributed by atoms with van der Waals surface area (Å²) in [5.41, 5.74) is 3.20. The number of likely N-dealkylation sites (N-methyl/N-ethyl adjacent to an activating group) is 1. The van der Waals surface area contributed by atoms with Crippen LogP contribution in [0.15, 0.2) is 52.0 Å². The first-order valence-electron chi connectivity index (χ1n) is 9.25. The van der Waals surface area contributed by atoms with Gasteiger partial charge in [-0.1, -0.05) is 18.2 Å². The Hall–Kier alpha value is -2.51. The fourth-order valence-electron chi connectivity index (χ4n) is 3.84. The molecular formula is C21H24N2O4S. The quantitative estimate of drug-likeness (QED) is 0.708. The minimum absolute atomic E-state index is 0.0831. The predicted octanol–water partition coefficient (Wildman–Crippen LogP) is 3.66. The summed E-state index contributed by atoms with van der Waals surface area (Å²) in [6.45, 7) is 0. The van der Waals surface area contributed by atoms with Crippen LogP contribution in [0.2, 0.25) is 0 Å². The van der Waals surface area contributed by atoms with E-state index in [-0.39, 0.29) is 5.09 Å². The summed E-state index contributed by atoms with van der Waals surface area (Å²) < 4.78 is 39.7. The van der Waals surface area contributed by atoms with Crippen molar-refractivity contribution in [1.29, 1.82) is 0 Å². The van der Waals surface area contributed by atoms with E-state index < -0.39 is 10.0 Å². The lowest BCUT2D eigenvalue weighted by molar-refractivity contribution is 0.265. The number of nitrogens with one attached hydrogen (secondary N) is 1. The Morgan fingerprint density at radius 2 is 1.93 bits per heavy atom. The molecule has 1 heterocycles.